The Morgan fingerprint density at radius 1 is 1.00 bits per heavy atom. The smallest absolute Gasteiger partial charge is 0.408 e. The average Bonchev–Trinajstić information content (AvgIpc) is 3.19. The number of fused-ring (bicyclic) bond motifs is 1. The number of hydrogen-bond donors (Lipinski definition) is 4. The number of ether oxygens (including phenoxy) is 1. The summed E-state index contributed by atoms with van der Waals surface area (Å²) in [5.41, 5.74) is 8.19. The molecule has 32 heavy (non-hydrogen) atoms. The maximum absolute atomic E-state index is 12.9. The van der Waals surface area contributed by atoms with Crippen molar-refractivity contribution in [2.45, 2.75) is 39.0 Å². The largest absolute Gasteiger partial charge is 0.445 e. The number of nitrogens with one attached hydrogen (secondary N) is 3. The first-order chi connectivity index (χ1) is 15.3. The molecule has 0 saturated carbocycles. The van der Waals surface area contributed by atoms with E-state index in [2.05, 4.69) is 15.6 Å². The van der Waals surface area contributed by atoms with Crippen LogP contribution in [-0.4, -0.2) is 35.0 Å². The Hall–Kier alpha value is -3.81. The van der Waals surface area contributed by atoms with Crippen LogP contribution < -0.4 is 16.4 Å². The molecule has 0 radical (unpaired) electrons. The van der Waals surface area contributed by atoms with Crippen molar-refractivity contribution in [3.8, 4) is 0 Å². The van der Waals surface area contributed by atoms with Gasteiger partial charge < -0.3 is 26.1 Å². The van der Waals surface area contributed by atoms with Crippen molar-refractivity contribution >= 4 is 28.8 Å². The number of carbonyl (C=O) groups excluding carboxylic acids is 3. The van der Waals surface area contributed by atoms with Gasteiger partial charge in [0.25, 0.3) is 0 Å². The number of aromatic amines is 1. The molecule has 1 aromatic heterocycles. The SMILES string of the molecule is CC(C)[C@@H](NC(=O)OCc1ccccc1)C(=O)N[C@@H](Cc1c[nH]c2ccccc12)C(N)=O. The number of benzene rings is 2. The van der Waals surface area contributed by atoms with Gasteiger partial charge in [0.1, 0.15) is 18.7 Å². The van der Waals surface area contributed by atoms with Crippen LogP contribution in [0.5, 0.6) is 0 Å². The highest BCUT2D eigenvalue weighted by Crippen LogP contribution is 2.19. The first-order valence-electron chi connectivity index (χ1n) is 10.5. The molecule has 3 aromatic rings. The first-order valence-corrected chi connectivity index (χ1v) is 10.5. The van der Waals surface area contributed by atoms with Gasteiger partial charge in [-0.15, -0.1) is 0 Å². The first kappa shape index (κ1) is 22.9. The summed E-state index contributed by atoms with van der Waals surface area (Å²) in [4.78, 5) is 40.4. The Labute approximate surface area is 186 Å². The number of amides is 3. The van der Waals surface area contributed by atoms with Gasteiger partial charge in [0.05, 0.1) is 0 Å². The molecule has 0 aliphatic heterocycles. The fourth-order valence-electron chi connectivity index (χ4n) is 3.43. The summed E-state index contributed by atoms with van der Waals surface area (Å²) in [5.74, 6) is -1.39. The van der Waals surface area contributed by atoms with Crippen molar-refractivity contribution < 1.29 is 19.1 Å². The molecule has 2 aromatic carbocycles. The molecular formula is C24H28N4O4. The quantitative estimate of drug-likeness (QED) is 0.411. The lowest BCUT2D eigenvalue weighted by atomic mass is 10.0. The minimum absolute atomic E-state index is 0.0869. The predicted octanol–water partition coefficient (Wildman–Crippen LogP) is 2.63. The van der Waals surface area contributed by atoms with Crippen LogP contribution in [0.3, 0.4) is 0 Å². The van der Waals surface area contributed by atoms with E-state index in [0.717, 1.165) is 22.0 Å². The molecule has 8 heteroatoms. The van der Waals surface area contributed by atoms with Crippen LogP contribution in [0, 0.1) is 5.92 Å². The molecule has 0 spiro atoms. The van der Waals surface area contributed by atoms with Crippen LogP contribution >= 0.6 is 0 Å². The van der Waals surface area contributed by atoms with Crippen molar-refractivity contribution in [1.82, 2.24) is 15.6 Å². The van der Waals surface area contributed by atoms with E-state index < -0.39 is 30.0 Å². The third-order valence-electron chi connectivity index (χ3n) is 5.19. The Bertz CT molecular complexity index is 1080. The minimum Gasteiger partial charge on any atom is -0.445 e. The Morgan fingerprint density at radius 3 is 2.38 bits per heavy atom. The number of H-pyrrole nitrogens is 1. The monoisotopic (exact) mass is 436 g/mol. The normalized spacial score (nSPS) is 12.8. The summed E-state index contributed by atoms with van der Waals surface area (Å²) in [7, 11) is 0. The van der Waals surface area contributed by atoms with E-state index in [9.17, 15) is 14.4 Å². The molecule has 8 nitrogen and oxygen atoms in total. The van der Waals surface area contributed by atoms with E-state index in [0.29, 0.717) is 0 Å². The molecule has 0 bridgehead atoms. The topological polar surface area (TPSA) is 126 Å². The van der Waals surface area contributed by atoms with Crippen molar-refractivity contribution in [2.24, 2.45) is 11.7 Å². The van der Waals surface area contributed by atoms with Crippen LogP contribution in [0.4, 0.5) is 4.79 Å². The summed E-state index contributed by atoms with van der Waals surface area (Å²) >= 11 is 0. The number of primary amides is 1. The van der Waals surface area contributed by atoms with Gasteiger partial charge in [-0.3, -0.25) is 9.59 Å². The van der Waals surface area contributed by atoms with E-state index in [1.54, 1.807) is 20.0 Å². The zero-order chi connectivity index (χ0) is 23.1. The lowest BCUT2D eigenvalue weighted by Gasteiger charge is -2.24. The molecule has 0 aliphatic rings. The molecule has 2 atom stereocenters. The van der Waals surface area contributed by atoms with Crippen LogP contribution in [0.25, 0.3) is 10.9 Å². The fourth-order valence-corrected chi connectivity index (χ4v) is 3.43. The third-order valence-corrected chi connectivity index (χ3v) is 5.19. The number of aromatic nitrogens is 1. The second-order valence-corrected chi connectivity index (χ2v) is 7.95. The van der Waals surface area contributed by atoms with Gasteiger partial charge in [-0.2, -0.15) is 0 Å². The second kappa shape index (κ2) is 10.5. The molecule has 168 valence electrons. The average molecular weight is 437 g/mol. The van der Waals surface area contributed by atoms with Crippen molar-refractivity contribution in [3.05, 3.63) is 71.9 Å². The van der Waals surface area contributed by atoms with Gasteiger partial charge in [-0.25, -0.2) is 4.79 Å². The lowest BCUT2D eigenvalue weighted by Crippen LogP contribution is -2.55. The number of rotatable bonds is 9. The highest BCUT2D eigenvalue weighted by Gasteiger charge is 2.29. The van der Waals surface area contributed by atoms with Gasteiger partial charge in [0.15, 0.2) is 0 Å². The minimum atomic E-state index is -0.926. The summed E-state index contributed by atoms with van der Waals surface area (Å²) in [6.07, 6.45) is 1.32. The van der Waals surface area contributed by atoms with Gasteiger partial charge in [-0.05, 0) is 23.1 Å². The zero-order valence-electron chi connectivity index (χ0n) is 18.1. The second-order valence-electron chi connectivity index (χ2n) is 7.95. The number of carbonyl (C=O) groups is 3. The van der Waals surface area contributed by atoms with Crippen LogP contribution in [0.15, 0.2) is 60.8 Å². The van der Waals surface area contributed by atoms with E-state index in [-0.39, 0.29) is 18.9 Å². The molecule has 0 fully saturated rings. The van der Waals surface area contributed by atoms with Crippen LogP contribution in [-0.2, 0) is 27.4 Å². The summed E-state index contributed by atoms with van der Waals surface area (Å²) < 4.78 is 5.22. The molecule has 5 N–H and O–H groups in total. The van der Waals surface area contributed by atoms with Gasteiger partial charge in [0, 0.05) is 23.5 Å². The molecule has 0 aliphatic carbocycles. The highest BCUT2D eigenvalue weighted by atomic mass is 16.5. The number of nitrogens with two attached hydrogens (primary N) is 1. The van der Waals surface area contributed by atoms with E-state index >= 15 is 0 Å². The van der Waals surface area contributed by atoms with Gasteiger partial charge in [0.2, 0.25) is 11.8 Å². The number of hydrogen-bond acceptors (Lipinski definition) is 4. The van der Waals surface area contributed by atoms with Gasteiger partial charge >= 0.3 is 6.09 Å². The highest BCUT2D eigenvalue weighted by molar-refractivity contribution is 5.92. The van der Waals surface area contributed by atoms with E-state index in [1.165, 1.54) is 0 Å². The van der Waals surface area contributed by atoms with E-state index in [1.807, 2.05) is 54.6 Å². The maximum Gasteiger partial charge on any atom is 0.408 e. The maximum atomic E-state index is 12.9. The standard InChI is InChI=1S/C24H28N4O4/c1-15(2)21(28-24(31)32-14-16-8-4-3-5-9-16)23(30)27-20(22(25)29)12-17-13-26-19-11-7-6-10-18(17)19/h3-11,13,15,20-21,26H,12,14H2,1-2H3,(H2,25,29)(H,27,30)(H,28,31)/t20-,21+/m0/s1. The predicted molar refractivity (Wildman–Crippen MR) is 122 cm³/mol. The van der Waals surface area contributed by atoms with Gasteiger partial charge in [-0.1, -0.05) is 62.4 Å². The summed E-state index contributed by atoms with van der Waals surface area (Å²) in [6.45, 7) is 3.67. The van der Waals surface area contributed by atoms with E-state index in [4.69, 9.17) is 10.5 Å². The van der Waals surface area contributed by atoms with Crippen LogP contribution in [0.1, 0.15) is 25.0 Å². The molecule has 0 unspecified atom stereocenters. The molecule has 3 amide bonds. The molecule has 3 rings (SSSR count). The number of alkyl carbamates (subject to hydrolysis) is 1. The van der Waals surface area contributed by atoms with Crippen molar-refractivity contribution in [3.63, 3.8) is 0 Å². The number of para-hydroxylation sites is 1. The Kier molecular flexibility index (Phi) is 7.49. The zero-order valence-corrected chi connectivity index (χ0v) is 18.1. The third kappa shape index (κ3) is 5.87. The fraction of sp³-hybridized carbons (Fsp3) is 0.292. The molecule has 0 saturated heterocycles. The summed E-state index contributed by atoms with van der Waals surface area (Å²) in [5, 5.41) is 6.22. The lowest BCUT2D eigenvalue weighted by molar-refractivity contribution is -0.129. The molecule has 1 heterocycles. The molecular weight excluding hydrogens is 408 g/mol. The summed E-state index contributed by atoms with van der Waals surface area (Å²) in [6, 6.07) is 15.1. The Morgan fingerprint density at radius 2 is 1.69 bits per heavy atom. The Balaban J connectivity index is 1.63. The van der Waals surface area contributed by atoms with Crippen LogP contribution in [0.2, 0.25) is 0 Å². The van der Waals surface area contributed by atoms with Crippen molar-refractivity contribution in [1.29, 1.82) is 0 Å². The van der Waals surface area contributed by atoms with Crippen molar-refractivity contribution in [2.75, 3.05) is 0 Å².